The second-order valence-corrected chi connectivity index (χ2v) is 4.26. The molecule has 6 nitrogen and oxygen atoms in total. The minimum atomic E-state index is -0.580. The molecule has 6 heteroatoms. The number of rotatable bonds is 3. The molecular formula is C15H11NO5. The van der Waals surface area contributed by atoms with Crippen molar-refractivity contribution in [3.05, 3.63) is 42.0 Å². The van der Waals surface area contributed by atoms with E-state index in [0.29, 0.717) is 29.3 Å². The standard InChI is InChI=1S/C15H11NO5/c1-19-15(18)10-6-9(16-8-17)7-13-14(10)21-12-5-3-2-4-11(12)20-13/h2-8H,1H3,(H,16,17). The lowest BCUT2D eigenvalue weighted by atomic mass is 10.1. The Hall–Kier alpha value is -3.02. The van der Waals surface area contributed by atoms with Crippen LogP contribution in [0.3, 0.4) is 0 Å². The maximum atomic E-state index is 11.9. The molecule has 0 fully saturated rings. The second-order valence-electron chi connectivity index (χ2n) is 4.26. The molecule has 0 aromatic heterocycles. The molecular weight excluding hydrogens is 274 g/mol. The summed E-state index contributed by atoms with van der Waals surface area (Å²) < 4.78 is 16.2. The summed E-state index contributed by atoms with van der Waals surface area (Å²) in [6.45, 7) is 0. The van der Waals surface area contributed by atoms with Crippen molar-refractivity contribution >= 4 is 18.1 Å². The van der Waals surface area contributed by atoms with Crippen LogP contribution in [0.4, 0.5) is 5.69 Å². The first-order valence-electron chi connectivity index (χ1n) is 6.14. The Balaban J connectivity index is 2.13. The number of methoxy groups -OCH3 is 1. The van der Waals surface area contributed by atoms with Crippen molar-refractivity contribution < 1.29 is 23.8 Å². The Morgan fingerprint density at radius 3 is 2.52 bits per heavy atom. The maximum Gasteiger partial charge on any atom is 0.341 e. The van der Waals surface area contributed by atoms with Crippen molar-refractivity contribution in [3.63, 3.8) is 0 Å². The normalized spacial score (nSPS) is 11.3. The van der Waals surface area contributed by atoms with Gasteiger partial charge in [0.25, 0.3) is 0 Å². The zero-order valence-corrected chi connectivity index (χ0v) is 11.1. The summed E-state index contributed by atoms with van der Waals surface area (Å²) in [5.74, 6) is 1.05. The van der Waals surface area contributed by atoms with Crippen molar-refractivity contribution in [2.24, 2.45) is 0 Å². The number of amides is 1. The van der Waals surface area contributed by atoms with Crippen LogP contribution in [0.5, 0.6) is 23.0 Å². The van der Waals surface area contributed by atoms with E-state index in [1.807, 2.05) is 6.07 Å². The monoisotopic (exact) mass is 285 g/mol. The summed E-state index contributed by atoms with van der Waals surface area (Å²) in [5, 5.41) is 2.48. The summed E-state index contributed by atoms with van der Waals surface area (Å²) >= 11 is 0. The van der Waals surface area contributed by atoms with Crippen LogP contribution in [-0.4, -0.2) is 19.5 Å². The minimum Gasteiger partial charge on any atom is -0.465 e. The van der Waals surface area contributed by atoms with Gasteiger partial charge in [-0.05, 0) is 18.2 Å². The first kappa shape index (κ1) is 13.0. The molecule has 1 amide bonds. The van der Waals surface area contributed by atoms with Crippen LogP contribution < -0.4 is 14.8 Å². The molecule has 0 saturated heterocycles. The van der Waals surface area contributed by atoms with E-state index in [0.717, 1.165) is 0 Å². The number of para-hydroxylation sites is 2. The highest BCUT2D eigenvalue weighted by Crippen LogP contribution is 2.48. The van der Waals surface area contributed by atoms with Crippen LogP contribution in [0, 0.1) is 0 Å². The number of anilines is 1. The molecule has 0 spiro atoms. The highest BCUT2D eigenvalue weighted by molar-refractivity contribution is 5.96. The van der Waals surface area contributed by atoms with E-state index >= 15 is 0 Å². The number of hydrogen-bond acceptors (Lipinski definition) is 5. The zero-order valence-electron chi connectivity index (χ0n) is 11.1. The smallest absolute Gasteiger partial charge is 0.341 e. The highest BCUT2D eigenvalue weighted by Gasteiger charge is 2.26. The van der Waals surface area contributed by atoms with Crippen molar-refractivity contribution in [2.75, 3.05) is 12.4 Å². The number of benzene rings is 2. The number of carbonyl (C=O) groups excluding carboxylic acids is 2. The molecule has 106 valence electrons. The lowest BCUT2D eigenvalue weighted by molar-refractivity contribution is -0.105. The molecule has 0 bridgehead atoms. The molecule has 1 aliphatic heterocycles. The highest BCUT2D eigenvalue weighted by atomic mass is 16.6. The Bertz CT molecular complexity index is 726. The first-order chi connectivity index (χ1) is 10.2. The van der Waals surface area contributed by atoms with E-state index in [2.05, 4.69) is 5.32 Å². The van der Waals surface area contributed by atoms with Gasteiger partial charge in [-0.2, -0.15) is 0 Å². The molecule has 1 aliphatic rings. The number of hydrogen-bond donors (Lipinski definition) is 1. The van der Waals surface area contributed by atoms with Crippen LogP contribution in [0.2, 0.25) is 0 Å². The van der Waals surface area contributed by atoms with Gasteiger partial charge in [-0.3, -0.25) is 4.79 Å². The summed E-state index contributed by atoms with van der Waals surface area (Å²) in [7, 11) is 1.27. The van der Waals surface area contributed by atoms with Crippen LogP contribution in [0.25, 0.3) is 0 Å². The van der Waals surface area contributed by atoms with E-state index in [-0.39, 0.29) is 11.3 Å². The SMILES string of the molecule is COC(=O)c1cc(NC=O)cc2c1Oc1ccccc1O2. The fourth-order valence-electron chi connectivity index (χ4n) is 2.04. The zero-order chi connectivity index (χ0) is 14.8. The van der Waals surface area contributed by atoms with E-state index < -0.39 is 5.97 Å². The van der Waals surface area contributed by atoms with Gasteiger partial charge in [-0.25, -0.2) is 4.79 Å². The first-order valence-corrected chi connectivity index (χ1v) is 6.14. The molecule has 0 radical (unpaired) electrons. The molecule has 21 heavy (non-hydrogen) atoms. The average Bonchev–Trinajstić information content (AvgIpc) is 2.52. The van der Waals surface area contributed by atoms with Crippen molar-refractivity contribution in [1.82, 2.24) is 0 Å². The van der Waals surface area contributed by atoms with Crippen LogP contribution in [0.1, 0.15) is 10.4 Å². The Morgan fingerprint density at radius 2 is 1.86 bits per heavy atom. The molecule has 2 aromatic rings. The van der Waals surface area contributed by atoms with Gasteiger partial charge in [0.15, 0.2) is 23.0 Å². The number of nitrogens with one attached hydrogen (secondary N) is 1. The number of esters is 1. The average molecular weight is 285 g/mol. The minimum absolute atomic E-state index is 0.175. The predicted molar refractivity (Wildman–Crippen MR) is 74.1 cm³/mol. The fraction of sp³-hybridized carbons (Fsp3) is 0.0667. The van der Waals surface area contributed by atoms with Gasteiger partial charge in [0.1, 0.15) is 5.56 Å². The molecule has 2 aromatic carbocycles. The molecule has 1 heterocycles. The summed E-state index contributed by atoms with van der Waals surface area (Å²) in [5.41, 5.74) is 0.584. The third-order valence-corrected chi connectivity index (χ3v) is 2.97. The van der Waals surface area contributed by atoms with E-state index in [4.69, 9.17) is 14.2 Å². The lowest BCUT2D eigenvalue weighted by Crippen LogP contribution is -2.09. The van der Waals surface area contributed by atoms with Crippen LogP contribution >= 0.6 is 0 Å². The summed E-state index contributed by atoms with van der Waals surface area (Å²) in [6.07, 6.45) is 0.514. The van der Waals surface area contributed by atoms with Gasteiger partial charge in [-0.15, -0.1) is 0 Å². The maximum absolute atomic E-state index is 11.9. The molecule has 0 saturated carbocycles. The third kappa shape index (κ3) is 2.27. The van der Waals surface area contributed by atoms with E-state index in [1.54, 1.807) is 24.3 Å². The molecule has 0 unspecified atom stereocenters. The van der Waals surface area contributed by atoms with E-state index in [9.17, 15) is 9.59 Å². The van der Waals surface area contributed by atoms with Gasteiger partial charge in [0.05, 0.1) is 7.11 Å². The molecule has 0 aliphatic carbocycles. The summed E-state index contributed by atoms with van der Waals surface area (Å²) in [4.78, 5) is 22.5. The van der Waals surface area contributed by atoms with Gasteiger partial charge in [-0.1, -0.05) is 12.1 Å². The summed E-state index contributed by atoms with van der Waals surface area (Å²) in [6, 6.07) is 10.1. The van der Waals surface area contributed by atoms with E-state index in [1.165, 1.54) is 13.2 Å². The van der Waals surface area contributed by atoms with Gasteiger partial charge < -0.3 is 19.5 Å². The van der Waals surface area contributed by atoms with Crippen molar-refractivity contribution in [2.45, 2.75) is 0 Å². The lowest BCUT2D eigenvalue weighted by Gasteiger charge is -2.22. The Labute approximate surface area is 120 Å². The van der Waals surface area contributed by atoms with Crippen molar-refractivity contribution in [1.29, 1.82) is 0 Å². The van der Waals surface area contributed by atoms with Gasteiger partial charge in [0, 0.05) is 11.8 Å². The quantitative estimate of drug-likeness (QED) is 0.591. The molecule has 3 rings (SSSR count). The third-order valence-electron chi connectivity index (χ3n) is 2.97. The number of fused-ring (bicyclic) bond motifs is 2. The largest absolute Gasteiger partial charge is 0.465 e. The Kier molecular flexibility index (Phi) is 3.19. The molecule has 1 N–H and O–H groups in total. The second kappa shape index (κ2) is 5.16. The fourth-order valence-corrected chi connectivity index (χ4v) is 2.04. The van der Waals surface area contributed by atoms with Crippen LogP contribution in [-0.2, 0) is 9.53 Å². The molecule has 0 atom stereocenters. The topological polar surface area (TPSA) is 73.9 Å². The number of carbonyl (C=O) groups is 2. The Morgan fingerprint density at radius 1 is 1.14 bits per heavy atom. The predicted octanol–water partition coefficient (Wildman–Crippen LogP) is 2.94. The van der Waals surface area contributed by atoms with Crippen LogP contribution in [0.15, 0.2) is 36.4 Å². The van der Waals surface area contributed by atoms with Crippen molar-refractivity contribution in [3.8, 4) is 23.0 Å². The van der Waals surface area contributed by atoms with Gasteiger partial charge >= 0.3 is 5.97 Å². The number of ether oxygens (including phenoxy) is 3. The van der Waals surface area contributed by atoms with Gasteiger partial charge in [0.2, 0.25) is 6.41 Å².